The van der Waals surface area contributed by atoms with E-state index in [1.807, 2.05) is 13.0 Å². The number of hydrogen-bond donors (Lipinski definition) is 4. The molecule has 4 N–H and O–H groups in total. The molecule has 6 rings (SSSR count). The molecule has 0 radical (unpaired) electrons. The Morgan fingerprint density at radius 3 is 2.20 bits per heavy atom. The number of rotatable bonds is 3. The fourth-order valence-electron chi connectivity index (χ4n) is 6.13. The molecule has 4 aliphatic carbocycles. The number of H-pyrrole nitrogens is 1. The maximum Gasteiger partial charge on any atom is 0.260 e. The lowest BCUT2D eigenvalue weighted by molar-refractivity contribution is 0.362. The summed E-state index contributed by atoms with van der Waals surface area (Å²) in [6.07, 6.45) is 7.15. The summed E-state index contributed by atoms with van der Waals surface area (Å²) in [6, 6.07) is 4.10. The van der Waals surface area contributed by atoms with Crippen LogP contribution in [0.5, 0.6) is 11.5 Å². The minimum absolute atomic E-state index is 0.0287. The van der Waals surface area contributed by atoms with E-state index < -0.39 is 76.6 Å². The molecule has 0 amide bonds. The molecule has 1 atom stereocenters. The van der Waals surface area contributed by atoms with Gasteiger partial charge in [0, 0.05) is 17.3 Å². The summed E-state index contributed by atoms with van der Waals surface area (Å²) < 4.78 is 4.89. The minimum Gasteiger partial charge on any atom is -0.510 e. The third kappa shape index (κ3) is 2.95. The van der Waals surface area contributed by atoms with Crippen molar-refractivity contribution in [1.29, 1.82) is 0 Å². The quantitative estimate of drug-likeness (QED) is 0.264. The average molecular weight is 539 g/mol. The van der Waals surface area contributed by atoms with E-state index in [2.05, 4.69) is 4.98 Å². The maximum atomic E-state index is 13.6. The van der Waals surface area contributed by atoms with Crippen LogP contribution in [0.1, 0.15) is 30.2 Å². The van der Waals surface area contributed by atoms with Crippen LogP contribution in [-0.2, 0) is 11.8 Å². The van der Waals surface area contributed by atoms with Crippen molar-refractivity contribution in [3.8, 4) is 11.5 Å². The van der Waals surface area contributed by atoms with Crippen LogP contribution >= 0.6 is 0 Å². The SMILES string of the molecule is CC=CC=Cc1cc2cc3c(c(O)c2c(=O)[nH]1)C1(CC3)C(O)=c2c(=O)c3c(=O)cc(OC)c(=O)c=3c(=O)c2=C1O. The van der Waals surface area contributed by atoms with E-state index in [-0.39, 0.29) is 23.8 Å². The second-order valence-corrected chi connectivity index (χ2v) is 9.83. The van der Waals surface area contributed by atoms with Crippen LogP contribution in [0, 0.1) is 10.4 Å². The van der Waals surface area contributed by atoms with Crippen LogP contribution in [0.4, 0.5) is 0 Å². The molecule has 1 unspecified atom stereocenters. The highest BCUT2D eigenvalue weighted by molar-refractivity contribution is 5.94. The van der Waals surface area contributed by atoms with Gasteiger partial charge >= 0.3 is 0 Å². The minimum atomic E-state index is -1.93. The lowest BCUT2D eigenvalue weighted by Gasteiger charge is -2.27. The van der Waals surface area contributed by atoms with Crippen molar-refractivity contribution in [3.05, 3.63) is 125 Å². The highest BCUT2D eigenvalue weighted by atomic mass is 16.5. The molecule has 10 heteroatoms. The monoisotopic (exact) mass is 539 g/mol. The molecule has 1 spiro atoms. The summed E-state index contributed by atoms with van der Waals surface area (Å²) in [4.78, 5) is 68.4. The number of nitrogens with one attached hydrogen (secondary N) is 1. The molecule has 200 valence electrons. The fourth-order valence-corrected chi connectivity index (χ4v) is 6.13. The zero-order valence-electron chi connectivity index (χ0n) is 21.2. The van der Waals surface area contributed by atoms with Gasteiger partial charge in [0.1, 0.15) is 22.7 Å². The number of aliphatic hydroxyl groups excluding tert-OH is 2. The number of phenolic OH excluding ortho intramolecular Hbond substituents is 1. The number of aryl methyl sites for hydroxylation is 1. The van der Waals surface area contributed by atoms with E-state index in [0.717, 1.165) is 13.2 Å². The number of phenols is 1. The van der Waals surface area contributed by atoms with Crippen LogP contribution in [-0.4, -0.2) is 27.4 Å². The normalized spacial score (nSPS) is 18.1. The zero-order valence-corrected chi connectivity index (χ0v) is 21.2. The van der Waals surface area contributed by atoms with E-state index >= 15 is 0 Å². The molecule has 4 aliphatic rings. The summed E-state index contributed by atoms with van der Waals surface area (Å²) in [5.41, 5.74) is -5.79. The van der Waals surface area contributed by atoms with Gasteiger partial charge in [0.25, 0.3) is 5.56 Å². The summed E-state index contributed by atoms with van der Waals surface area (Å²) in [6.45, 7) is 1.84. The topological polar surface area (TPSA) is 171 Å². The third-order valence-electron chi connectivity index (χ3n) is 7.85. The van der Waals surface area contributed by atoms with E-state index in [0.29, 0.717) is 16.6 Å². The van der Waals surface area contributed by atoms with Crippen molar-refractivity contribution in [2.75, 3.05) is 7.11 Å². The predicted molar refractivity (Wildman–Crippen MR) is 147 cm³/mol. The van der Waals surface area contributed by atoms with Gasteiger partial charge in [-0.2, -0.15) is 0 Å². The van der Waals surface area contributed by atoms with Crippen LogP contribution < -0.4 is 42.4 Å². The molecular formula is C30H21NO9. The van der Waals surface area contributed by atoms with Crippen molar-refractivity contribution < 1.29 is 20.1 Å². The lowest BCUT2D eigenvalue weighted by Crippen LogP contribution is -2.51. The summed E-state index contributed by atoms with van der Waals surface area (Å²) in [5.74, 6) is -2.44. The Kier molecular flexibility index (Phi) is 5.24. The first-order valence-corrected chi connectivity index (χ1v) is 12.4. The van der Waals surface area contributed by atoms with Gasteiger partial charge in [0.15, 0.2) is 11.2 Å². The molecule has 0 saturated heterocycles. The molecule has 2 aromatic rings. The Bertz CT molecular complexity index is 2360. The molecule has 10 nitrogen and oxygen atoms in total. The van der Waals surface area contributed by atoms with Gasteiger partial charge in [-0.25, -0.2) is 0 Å². The molecule has 1 aromatic heterocycles. The van der Waals surface area contributed by atoms with Crippen molar-refractivity contribution in [2.24, 2.45) is 0 Å². The molecule has 1 aromatic carbocycles. The smallest absolute Gasteiger partial charge is 0.260 e. The zero-order chi connectivity index (χ0) is 28.7. The van der Waals surface area contributed by atoms with Crippen LogP contribution in [0.25, 0.3) is 28.4 Å². The highest BCUT2D eigenvalue weighted by Crippen LogP contribution is 2.54. The Morgan fingerprint density at radius 1 is 0.875 bits per heavy atom. The van der Waals surface area contributed by atoms with E-state index in [1.54, 1.807) is 30.4 Å². The number of hydrogen-bond acceptors (Lipinski definition) is 9. The first kappa shape index (κ1) is 25.1. The van der Waals surface area contributed by atoms with E-state index in [4.69, 9.17) is 4.74 Å². The standard InChI is InChI=1S/C30H21NO9/c1-3-4-5-6-14-10-13-9-12-7-8-30(22(12)26(36)17(13)29(39)31-14)27(37)20-21(28(30)38)25(35)19-18(24(20)34)15(32)11-16(40-2)23(19)33/h3-6,9-11,36-38H,7-8H2,1-2H3,(H,31,39). The number of aliphatic hydroxyl groups is 2. The number of fused-ring (bicyclic) bond motifs is 4. The molecule has 1 heterocycles. The molecule has 0 saturated carbocycles. The van der Waals surface area contributed by atoms with Gasteiger partial charge in [-0.05, 0) is 42.9 Å². The molecule has 40 heavy (non-hydrogen) atoms. The second-order valence-electron chi connectivity index (χ2n) is 9.83. The van der Waals surface area contributed by atoms with Gasteiger partial charge in [0.2, 0.25) is 16.3 Å². The third-order valence-corrected chi connectivity index (χ3v) is 7.85. The van der Waals surface area contributed by atoms with Gasteiger partial charge < -0.3 is 25.0 Å². The summed E-state index contributed by atoms with van der Waals surface area (Å²) in [7, 11) is 1.13. The maximum absolute atomic E-state index is 13.6. The van der Waals surface area contributed by atoms with Gasteiger partial charge in [0.05, 0.1) is 33.4 Å². The Hall–Kier alpha value is -5.25. The lowest BCUT2D eigenvalue weighted by atomic mass is 9.78. The van der Waals surface area contributed by atoms with E-state index in [1.165, 1.54) is 0 Å². The Labute approximate surface area is 222 Å². The number of aromatic nitrogens is 1. The number of aromatic amines is 1. The molecule has 0 fully saturated rings. The summed E-state index contributed by atoms with van der Waals surface area (Å²) >= 11 is 0. The second kappa shape index (κ2) is 8.37. The first-order chi connectivity index (χ1) is 19.1. The van der Waals surface area contributed by atoms with Crippen molar-refractivity contribution in [1.82, 2.24) is 4.98 Å². The molecule has 0 aliphatic heterocycles. The molecular weight excluding hydrogens is 518 g/mol. The average Bonchev–Trinajstić information content (AvgIpc) is 3.40. The van der Waals surface area contributed by atoms with E-state index in [9.17, 15) is 39.3 Å². The number of pyridine rings is 1. The fraction of sp³-hybridized carbons (Fsp3) is 0.167. The number of aromatic hydroxyl groups is 1. The molecule has 0 bridgehead atoms. The Balaban J connectivity index is 1.75. The van der Waals surface area contributed by atoms with Crippen LogP contribution in [0.15, 0.2) is 60.4 Å². The number of allylic oxidation sites excluding steroid dienone is 3. The number of ether oxygens (including phenoxy) is 1. The summed E-state index contributed by atoms with van der Waals surface area (Å²) in [5, 5.41) is 32.0. The highest BCUT2D eigenvalue weighted by Gasteiger charge is 2.53. The van der Waals surface area contributed by atoms with Crippen molar-refractivity contribution in [2.45, 2.75) is 25.2 Å². The van der Waals surface area contributed by atoms with Gasteiger partial charge in [-0.1, -0.05) is 24.3 Å². The predicted octanol–water partition coefficient (Wildman–Crippen LogP) is 0.103. The van der Waals surface area contributed by atoms with Crippen LogP contribution in [0.2, 0.25) is 0 Å². The van der Waals surface area contributed by atoms with Gasteiger partial charge in [-0.3, -0.25) is 24.0 Å². The number of methoxy groups -OCH3 is 1. The Morgan fingerprint density at radius 2 is 1.55 bits per heavy atom. The van der Waals surface area contributed by atoms with Gasteiger partial charge in [-0.15, -0.1) is 0 Å². The van der Waals surface area contributed by atoms with Crippen LogP contribution in [0.3, 0.4) is 0 Å². The van der Waals surface area contributed by atoms with Crippen molar-refractivity contribution >= 4 is 28.4 Å². The largest absolute Gasteiger partial charge is 0.510 e. The number of benzene rings is 1. The van der Waals surface area contributed by atoms with Crippen molar-refractivity contribution in [3.63, 3.8) is 0 Å². The first-order valence-electron chi connectivity index (χ1n) is 12.4.